The zero-order valence-electron chi connectivity index (χ0n) is 5.32. The molecule has 0 amide bonds. The molecule has 0 saturated carbocycles. The molecule has 2 atom stereocenters. The molecule has 1 aliphatic heterocycles. The lowest BCUT2D eigenvalue weighted by molar-refractivity contribution is 0.142. The molecule has 1 fully saturated rings. The lowest BCUT2D eigenvalue weighted by Crippen LogP contribution is -2.49. The van der Waals surface area contributed by atoms with Crippen molar-refractivity contribution in [2.45, 2.75) is 24.4 Å². The second kappa shape index (κ2) is 2.46. The Balaban J connectivity index is 2.74. The van der Waals surface area contributed by atoms with Gasteiger partial charge in [-0.05, 0) is 12.8 Å². The minimum absolute atomic E-state index is 0.316. The molecule has 2 unspecified atom stereocenters. The summed E-state index contributed by atoms with van der Waals surface area (Å²) >= 11 is 0. The lowest BCUT2D eigenvalue weighted by Gasteiger charge is -2.23. The first kappa shape index (κ1) is 7.93. The fourth-order valence-electron chi connectivity index (χ4n) is 0.813. The highest BCUT2D eigenvalue weighted by atomic mass is 32.2. The van der Waals surface area contributed by atoms with Gasteiger partial charge in [0.15, 0.2) is 0 Å². The number of sulfonamides is 1. The average molecular weight is 166 g/mol. The number of nitrogens with two attached hydrogens (primary N) is 1. The number of aliphatic hydroxyl groups is 1. The fourth-order valence-corrected chi connectivity index (χ4v) is 1.93. The van der Waals surface area contributed by atoms with Crippen molar-refractivity contribution in [3.8, 4) is 0 Å². The van der Waals surface area contributed by atoms with Gasteiger partial charge in [-0.3, -0.25) is 0 Å². The maximum Gasteiger partial charge on any atom is 0.229 e. The van der Waals surface area contributed by atoms with Crippen LogP contribution in [0, 0.1) is 0 Å². The summed E-state index contributed by atoms with van der Waals surface area (Å²) in [6, 6.07) is 0. The van der Waals surface area contributed by atoms with Gasteiger partial charge in [0, 0.05) is 0 Å². The first-order valence-corrected chi connectivity index (χ1v) is 4.52. The van der Waals surface area contributed by atoms with Gasteiger partial charge in [0.25, 0.3) is 0 Å². The number of rotatable bonds is 0. The molecule has 1 saturated heterocycles. The van der Waals surface area contributed by atoms with E-state index in [9.17, 15) is 8.42 Å². The van der Waals surface area contributed by atoms with Crippen LogP contribution in [0.2, 0.25) is 0 Å². The molecule has 1 aliphatic rings. The standard InChI is InChI=1S/C4H10N2O3S/c5-3-1-2-4(7)6-10(3,8)9/h3-4,6-7H,1-2,5H2. The number of hydrogen-bond donors (Lipinski definition) is 3. The zero-order valence-corrected chi connectivity index (χ0v) is 6.13. The highest BCUT2D eigenvalue weighted by molar-refractivity contribution is 7.90. The number of nitrogens with one attached hydrogen (secondary N) is 1. The van der Waals surface area contributed by atoms with Crippen LogP contribution in [0.1, 0.15) is 12.8 Å². The number of aliphatic hydroxyl groups excluding tert-OH is 1. The van der Waals surface area contributed by atoms with Crippen molar-refractivity contribution in [3.05, 3.63) is 0 Å². The maximum absolute atomic E-state index is 10.8. The molecular formula is C4H10N2O3S. The van der Waals surface area contributed by atoms with E-state index in [1.807, 2.05) is 4.72 Å². The van der Waals surface area contributed by atoms with E-state index in [2.05, 4.69) is 0 Å². The molecule has 10 heavy (non-hydrogen) atoms. The van der Waals surface area contributed by atoms with Crippen LogP contribution in [0.4, 0.5) is 0 Å². The molecule has 60 valence electrons. The van der Waals surface area contributed by atoms with E-state index in [0.29, 0.717) is 12.8 Å². The molecule has 0 aromatic rings. The Morgan fingerprint density at radius 3 is 2.50 bits per heavy atom. The molecule has 4 N–H and O–H groups in total. The van der Waals surface area contributed by atoms with Crippen LogP contribution in [0.25, 0.3) is 0 Å². The van der Waals surface area contributed by atoms with Crippen LogP contribution >= 0.6 is 0 Å². The summed E-state index contributed by atoms with van der Waals surface area (Å²) in [6.45, 7) is 0. The Morgan fingerprint density at radius 1 is 1.50 bits per heavy atom. The van der Waals surface area contributed by atoms with Gasteiger partial charge >= 0.3 is 0 Å². The van der Waals surface area contributed by atoms with E-state index in [-0.39, 0.29) is 0 Å². The van der Waals surface area contributed by atoms with Crippen LogP contribution in [-0.4, -0.2) is 25.1 Å². The summed E-state index contributed by atoms with van der Waals surface area (Å²) in [5, 5.41) is 7.95. The zero-order chi connectivity index (χ0) is 7.78. The molecule has 1 rings (SSSR count). The van der Waals surface area contributed by atoms with Crippen molar-refractivity contribution in [1.29, 1.82) is 0 Å². The van der Waals surface area contributed by atoms with Gasteiger partial charge in [-0.15, -0.1) is 0 Å². The Kier molecular flexibility index (Phi) is 1.95. The third-order valence-electron chi connectivity index (χ3n) is 1.42. The minimum Gasteiger partial charge on any atom is -0.378 e. The molecule has 6 heteroatoms. The highest BCUT2D eigenvalue weighted by Crippen LogP contribution is 2.10. The van der Waals surface area contributed by atoms with Crippen LogP contribution in [-0.2, 0) is 10.0 Å². The summed E-state index contributed by atoms with van der Waals surface area (Å²) < 4.78 is 23.6. The van der Waals surface area contributed by atoms with Gasteiger partial charge in [-0.25, -0.2) is 8.42 Å². The van der Waals surface area contributed by atoms with Gasteiger partial charge in [0.2, 0.25) is 10.0 Å². The van der Waals surface area contributed by atoms with Gasteiger partial charge < -0.3 is 10.8 Å². The Labute approximate surface area is 59.3 Å². The van der Waals surface area contributed by atoms with Crippen molar-refractivity contribution in [2.75, 3.05) is 0 Å². The normalized spacial score (nSPS) is 39.4. The predicted octanol–water partition coefficient (Wildman–Crippen LogP) is -1.70. The van der Waals surface area contributed by atoms with Crippen molar-refractivity contribution in [1.82, 2.24) is 4.72 Å². The van der Waals surface area contributed by atoms with Crippen LogP contribution in [0.5, 0.6) is 0 Å². The quantitative estimate of drug-likeness (QED) is 0.400. The smallest absolute Gasteiger partial charge is 0.229 e. The van der Waals surface area contributed by atoms with E-state index < -0.39 is 21.6 Å². The molecule has 0 spiro atoms. The average Bonchev–Trinajstić information content (AvgIpc) is 1.78. The summed E-state index contributed by atoms with van der Waals surface area (Å²) in [4.78, 5) is 0. The molecule has 0 aromatic carbocycles. The first-order valence-electron chi connectivity index (χ1n) is 2.97. The highest BCUT2D eigenvalue weighted by Gasteiger charge is 2.29. The fraction of sp³-hybridized carbons (Fsp3) is 1.00. The molecular weight excluding hydrogens is 156 g/mol. The SMILES string of the molecule is NC1CCC(O)NS1(=O)=O. The largest absolute Gasteiger partial charge is 0.378 e. The molecule has 1 heterocycles. The third kappa shape index (κ3) is 1.46. The Hall–Kier alpha value is -0.170. The summed E-state index contributed by atoms with van der Waals surface area (Å²) in [5.74, 6) is 0. The van der Waals surface area contributed by atoms with Gasteiger partial charge in [0.1, 0.15) is 11.6 Å². The third-order valence-corrected chi connectivity index (χ3v) is 3.06. The first-order chi connectivity index (χ1) is 4.52. The molecule has 0 bridgehead atoms. The Bertz CT molecular complexity index is 213. The van der Waals surface area contributed by atoms with Crippen molar-refractivity contribution >= 4 is 10.0 Å². The summed E-state index contributed by atoms with van der Waals surface area (Å²) in [7, 11) is -3.43. The van der Waals surface area contributed by atoms with E-state index in [0.717, 1.165) is 0 Å². The van der Waals surface area contributed by atoms with Crippen LogP contribution in [0.15, 0.2) is 0 Å². The van der Waals surface area contributed by atoms with Gasteiger partial charge in [-0.2, -0.15) is 4.72 Å². The topological polar surface area (TPSA) is 92.4 Å². The minimum atomic E-state index is -3.43. The number of hydrogen-bond acceptors (Lipinski definition) is 4. The summed E-state index contributed by atoms with van der Waals surface area (Å²) in [5.41, 5.74) is 5.21. The predicted molar refractivity (Wildman–Crippen MR) is 35.3 cm³/mol. The van der Waals surface area contributed by atoms with E-state index in [4.69, 9.17) is 10.8 Å². The maximum atomic E-state index is 10.8. The van der Waals surface area contributed by atoms with Crippen molar-refractivity contribution in [2.24, 2.45) is 5.73 Å². The second-order valence-electron chi connectivity index (χ2n) is 2.29. The Morgan fingerprint density at radius 2 is 2.10 bits per heavy atom. The molecule has 0 radical (unpaired) electrons. The van der Waals surface area contributed by atoms with Crippen LogP contribution < -0.4 is 10.5 Å². The van der Waals surface area contributed by atoms with E-state index >= 15 is 0 Å². The molecule has 5 nitrogen and oxygen atoms in total. The monoisotopic (exact) mass is 166 g/mol. The van der Waals surface area contributed by atoms with Crippen LogP contribution in [0.3, 0.4) is 0 Å². The second-order valence-corrected chi connectivity index (χ2v) is 4.23. The van der Waals surface area contributed by atoms with Crippen molar-refractivity contribution in [3.63, 3.8) is 0 Å². The molecule has 0 aromatic heterocycles. The van der Waals surface area contributed by atoms with Crippen molar-refractivity contribution < 1.29 is 13.5 Å². The summed E-state index contributed by atoms with van der Waals surface area (Å²) in [6.07, 6.45) is -0.249. The molecule has 0 aliphatic carbocycles. The van der Waals surface area contributed by atoms with Gasteiger partial charge in [-0.1, -0.05) is 0 Å². The van der Waals surface area contributed by atoms with E-state index in [1.54, 1.807) is 0 Å². The lowest BCUT2D eigenvalue weighted by atomic mass is 10.3. The van der Waals surface area contributed by atoms with E-state index in [1.165, 1.54) is 0 Å². The van der Waals surface area contributed by atoms with Gasteiger partial charge in [0.05, 0.1) is 0 Å².